The molecule has 0 saturated heterocycles. The van der Waals surface area contributed by atoms with Crippen molar-refractivity contribution in [3.63, 3.8) is 0 Å². The fraction of sp³-hybridized carbons (Fsp3) is 0.0909. The third-order valence-corrected chi connectivity index (χ3v) is 4.11. The van der Waals surface area contributed by atoms with Crippen LogP contribution in [0.3, 0.4) is 0 Å². The molecule has 0 unspecified atom stereocenters. The number of hydrogen-bond acceptors (Lipinski definition) is 4. The lowest BCUT2D eigenvalue weighted by Gasteiger charge is -2.08. The Morgan fingerprint density at radius 1 is 1.45 bits per heavy atom. The fourth-order valence-corrected chi connectivity index (χ4v) is 2.99. The Morgan fingerprint density at radius 3 is 2.75 bits per heavy atom. The van der Waals surface area contributed by atoms with Gasteiger partial charge in [0.25, 0.3) is 15.9 Å². The maximum absolute atomic E-state index is 12.2. The van der Waals surface area contributed by atoms with Gasteiger partial charge in [-0.05, 0) is 25.1 Å². The van der Waals surface area contributed by atoms with Crippen molar-refractivity contribution in [1.29, 1.82) is 0 Å². The Morgan fingerprint density at radius 2 is 2.15 bits per heavy atom. The van der Waals surface area contributed by atoms with Crippen molar-refractivity contribution in [1.82, 2.24) is 10.2 Å². The Hall–Kier alpha value is -2.06. The molecule has 1 aromatic carbocycles. The summed E-state index contributed by atoms with van der Waals surface area (Å²) in [6.07, 6.45) is 0. The second-order valence-electron chi connectivity index (χ2n) is 4.00. The van der Waals surface area contributed by atoms with E-state index in [0.29, 0.717) is 5.69 Å². The van der Waals surface area contributed by atoms with Crippen molar-refractivity contribution < 1.29 is 13.2 Å². The average Bonchev–Trinajstić information content (AvgIpc) is 2.71. The quantitative estimate of drug-likeness (QED) is 0.787. The first-order chi connectivity index (χ1) is 9.31. The molecule has 0 fully saturated rings. The van der Waals surface area contributed by atoms with E-state index in [9.17, 15) is 13.2 Å². The molecule has 0 bridgehead atoms. The normalized spacial score (nSPS) is 11.3. The summed E-state index contributed by atoms with van der Waals surface area (Å²) in [6.45, 7) is 1.56. The smallest absolute Gasteiger partial charge is 0.271 e. The first-order valence-corrected chi connectivity index (χ1v) is 7.30. The summed E-state index contributed by atoms with van der Waals surface area (Å²) in [7, 11) is -3.89. The number of benzene rings is 1. The molecule has 7 nitrogen and oxygen atoms in total. The summed E-state index contributed by atoms with van der Waals surface area (Å²) >= 11 is 5.76. The van der Waals surface area contributed by atoms with E-state index in [1.54, 1.807) is 13.0 Å². The highest BCUT2D eigenvalue weighted by molar-refractivity contribution is 7.92. The van der Waals surface area contributed by atoms with Crippen LogP contribution in [0.15, 0.2) is 29.2 Å². The van der Waals surface area contributed by atoms with Crippen molar-refractivity contribution in [2.45, 2.75) is 11.8 Å². The first-order valence-electron chi connectivity index (χ1n) is 5.44. The van der Waals surface area contributed by atoms with Crippen molar-refractivity contribution in [3.8, 4) is 0 Å². The molecule has 1 amide bonds. The van der Waals surface area contributed by atoms with Gasteiger partial charge in [0.2, 0.25) is 0 Å². The second kappa shape index (κ2) is 5.14. The number of H-pyrrole nitrogens is 1. The zero-order chi connectivity index (χ0) is 14.9. The molecule has 2 aromatic rings. The number of nitrogens with zero attached hydrogens (tertiary/aromatic N) is 1. The van der Waals surface area contributed by atoms with Crippen LogP contribution in [-0.4, -0.2) is 24.5 Å². The molecule has 0 spiro atoms. The number of anilines is 1. The molecule has 20 heavy (non-hydrogen) atoms. The number of primary amides is 1. The average molecular weight is 315 g/mol. The zero-order valence-corrected chi connectivity index (χ0v) is 11.9. The summed E-state index contributed by atoms with van der Waals surface area (Å²) in [4.78, 5) is 11.2. The minimum Gasteiger partial charge on any atom is -0.364 e. The number of carbonyl (C=O) groups excluding carboxylic acids is 1. The SMILES string of the molecule is Cc1[nH]nc(C(N)=O)c1NS(=O)(=O)c1cccc(Cl)c1. The number of hydrogen-bond donors (Lipinski definition) is 3. The zero-order valence-electron chi connectivity index (χ0n) is 10.3. The molecular formula is C11H11ClN4O3S. The molecule has 106 valence electrons. The van der Waals surface area contributed by atoms with Gasteiger partial charge in [-0.3, -0.25) is 14.6 Å². The number of aryl methyl sites for hydroxylation is 1. The lowest BCUT2D eigenvalue weighted by molar-refractivity contribution is 0.0996. The Bertz CT molecular complexity index is 770. The van der Waals surface area contributed by atoms with Crippen LogP contribution in [0.25, 0.3) is 0 Å². The predicted molar refractivity (Wildman–Crippen MR) is 74.1 cm³/mol. The molecular weight excluding hydrogens is 304 g/mol. The third-order valence-electron chi connectivity index (χ3n) is 2.52. The minimum atomic E-state index is -3.89. The van der Waals surface area contributed by atoms with Gasteiger partial charge in [0, 0.05) is 5.02 Å². The number of rotatable bonds is 4. The highest BCUT2D eigenvalue weighted by Crippen LogP contribution is 2.23. The topological polar surface area (TPSA) is 118 Å². The van der Waals surface area contributed by atoms with E-state index in [1.807, 2.05) is 0 Å². The van der Waals surface area contributed by atoms with Crippen LogP contribution in [-0.2, 0) is 10.0 Å². The number of carbonyl (C=O) groups is 1. The van der Waals surface area contributed by atoms with E-state index in [-0.39, 0.29) is 21.3 Å². The third kappa shape index (κ3) is 2.75. The molecule has 0 aliphatic rings. The van der Waals surface area contributed by atoms with Crippen LogP contribution in [0.2, 0.25) is 5.02 Å². The van der Waals surface area contributed by atoms with E-state index in [1.165, 1.54) is 18.2 Å². The number of aromatic nitrogens is 2. The summed E-state index contributed by atoms with van der Waals surface area (Å²) in [5.41, 5.74) is 5.36. The second-order valence-corrected chi connectivity index (χ2v) is 6.12. The van der Waals surface area contributed by atoms with Gasteiger partial charge in [0.1, 0.15) is 5.69 Å². The molecule has 2 rings (SSSR count). The summed E-state index contributed by atoms with van der Waals surface area (Å²) in [6, 6.07) is 5.74. The molecule has 1 heterocycles. The van der Waals surface area contributed by atoms with Gasteiger partial charge in [-0.15, -0.1) is 0 Å². The van der Waals surface area contributed by atoms with Crippen LogP contribution in [0.4, 0.5) is 5.69 Å². The molecule has 9 heteroatoms. The lowest BCUT2D eigenvalue weighted by Crippen LogP contribution is -2.18. The molecule has 0 aliphatic carbocycles. The number of halogens is 1. The largest absolute Gasteiger partial charge is 0.364 e. The van der Waals surface area contributed by atoms with Crippen LogP contribution in [0, 0.1) is 6.92 Å². The molecule has 0 aliphatic heterocycles. The van der Waals surface area contributed by atoms with Gasteiger partial charge < -0.3 is 5.73 Å². The van der Waals surface area contributed by atoms with Crippen LogP contribution in [0.1, 0.15) is 16.2 Å². The standard InChI is InChI=1S/C11H11ClN4O3S/c1-6-9(10(11(13)17)15-14-6)16-20(18,19)8-4-2-3-7(12)5-8/h2-5,16H,1H3,(H2,13,17)(H,14,15). The maximum Gasteiger partial charge on any atom is 0.271 e. The summed E-state index contributed by atoms with van der Waals surface area (Å²) < 4.78 is 26.7. The van der Waals surface area contributed by atoms with E-state index < -0.39 is 15.9 Å². The molecule has 0 saturated carbocycles. The van der Waals surface area contributed by atoms with Crippen molar-refractivity contribution in [2.75, 3.05) is 4.72 Å². The maximum atomic E-state index is 12.2. The van der Waals surface area contributed by atoms with Crippen molar-refractivity contribution in [2.24, 2.45) is 5.73 Å². The Kier molecular flexibility index (Phi) is 3.69. The van der Waals surface area contributed by atoms with Gasteiger partial charge in [-0.1, -0.05) is 17.7 Å². The number of nitrogens with two attached hydrogens (primary N) is 1. The van der Waals surface area contributed by atoms with Crippen molar-refractivity contribution in [3.05, 3.63) is 40.7 Å². The number of amides is 1. The van der Waals surface area contributed by atoms with Gasteiger partial charge in [0.05, 0.1) is 10.6 Å². The van der Waals surface area contributed by atoms with E-state index >= 15 is 0 Å². The van der Waals surface area contributed by atoms with Gasteiger partial charge >= 0.3 is 0 Å². The Labute approximate surface area is 120 Å². The molecule has 0 radical (unpaired) electrons. The van der Waals surface area contributed by atoms with Gasteiger partial charge in [-0.25, -0.2) is 8.42 Å². The highest BCUT2D eigenvalue weighted by Gasteiger charge is 2.22. The number of sulfonamides is 1. The monoisotopic (exact) mass is 314 g/mol. The van der Waals surface area contributed by atoms with E-state index in [2.05, 4.69) is 14.9 Å². The van der Waals surface area contributed by atoms with Gasteiger partial charge in [-0.2, -0.15) is 5.10 Å². The number of nitrogens with one attached hydrogen (secondary N) is 2. The summed E-state index contributed by atoms with van der Waals surface area (Å²) in [5.74, 6) is -0.835. The predicted octanol–water partition coefficient (Wildman–Crippen LogP) is 1.27. The summed E-state index contributed by atoms with van der Waals surface area (Å²) in [5, 5.41) is 6.44. The fourth-order valence-electron chi connectivity index (χ4n) is 1.56. The highest BCUT2D eigenvalue weighted by atomic mass is 35.5. The minimum absolute atomic E-state index is 0.0254. The van der Waals surface area contributed by atoms with Crippen molar-refractivity contribution >= 4 is 33.2 Å². The van der Waals surface area contributed by atoms with Crippen LogP contribution < -0.4 is 10.5 Å². The lowest BCUT2D eigenvalue weighted by atomic mass is 10.3. The molecule has 0 atom stereocenters. The number of aromatic amines is 1. The van der Waals surface area contributed by atoms with E-state index in [4.69, 9.17) is 17.3 Å². The van der Waals surface area contributed by atoms with E-state index in [0.717, 1.165) is 0 Å². The molecule has 1 aromatic heterocycles. The first kappa shape index (κ1) is 14.4. The van der Waals surface area contributed by atoms with Crippen LogP contribution in [0.5, 0.6) is 0 Å². The molecule has 4 N–H and O–H groups in total. The van der Waals surface area contributed by atoms with Gasteiger partial charge in [0.15, 0.2) is 5.69 Å². The van der Waals surface area contributed by atoms with Crippen LogP contribution >= 0.6 is 11.6 Å². The Balaban J connectivity index is 2.44.